The average Bonchev–Trinajstić information content (AvgIpc) is 3.30. The van der Waals surface area contributed by atoms with Crippen molar-refractivity contribution < 1.29 is 9.90 Å². The average molecular weight is 286 g/mol. The first-order chi connectivity index (χ1) is 10.1. The van der Waals surface area contributed by atoms with E-state index in [1.165, 1.54) is 12.8 Å². The van der Waals surface area contributed by atoms with Crippen LogP contribution in [0.15, 0.2) is 18.2 Å². The van der Waals surface area contributed by atoms with Gasteiger partial charge in [-0.15, -0.1) is 0 Å². The third kappa shape index (κ3) is 4.59. The van der Waals surface area contributed by atoms with Gasteiger partial charge in [0.2, 0.25) is 0 Å². The van der Waals surface area contributed by atoms with Crippen LogP contribution in [-0.4, -0.2) is 48.7 Å². The van der Waals surface area contributed by atoms with Crippen LogP contribution in [0.2, 0.25) is 0 Å². The molecule has 0 atom stereocenters. The predicted octanol–water partition coefficient (Wildman–Crippen LogP) is 1.16. The molecule has 1 aliphatic rings. The second kappa shape index (κ2) is 7.26. The predicted molar refractivity (Wildman–Crippen MR) is 83.1 cm³/mol. The molecule has 1 aromatic rings. The molecule has 0 heterocycles. The highest BCUT2D eigenvalue weighted by Gasteiger charge is 2.25. The number of aliphatic hydroxyl groups is 1. The maximum absolute atomic E-state index is 12.3. The van der Waals surface area contributed by atoms with Crippen molar-refractivity contribution in [3.63, 3.8) is 0 Å². The molecule has 1 aliphatic carbocycles. The Morgan fingerprint density at radius 3 is 2.90 bits per heavy atom. The maximum atomic E-state index is 12.3. The number of carbonyl (C=O) groups excluding carboxylic acids is 1. The zero-order valence-corrected chi connectivity index (χ0v) is 12.6. The number of aryl methyl sites for hydroxylation is 1. The van der Waals surface area contributed by atoms with Crippen LogP contribution >= 0.6 is 0 Å². The van der Waals surface area contributed by atoms with Gasteiger partial charge in [0.25, 0.3) is 5.91 Å². The normalized spacial score (nSPS) is 13.7. The van der Waals surface area contributed by atoms with E-state index in [2.05, 4.69) is 29.1 Å². The minimum absolute atomic E-state index is 0.106. The number of amides is 1. The lowest BCUT2D eigenvalue weighted by Gasteiger charge is -2.16. The molecule has 21 heavy (non-hydrogen) atoms. The smallest absolute Gasteiger partial charge is 0.252 e. The van der Waals surface area contributed by atoms with Crippen LogP contribution in [0, 0.1) is 18.8 Å². The van der Waals surface area contributed by atoms with E-state index in [-0.39, 0.29) is 12.5 Å². The van der Waals surface area contributed by atoms with E-state index in [0.29, 0.717) is 23.7 Å². The molecule has 0 saturated heterocycles. The molecular weight excluding hydrogens is 264 g/mol. The Kier molecular flexibility index (Phi) is 5.38. The van der Waals surface area contributed by atoms with Gasteiger partial charge in [0, 0.05) is 24.7 Å². The van der Waals surface area contributed by atoms with E-state index in [0.717, 1.165) is 12.1 Å². The third-order valence-corrected chi connectivity index (χ3v) is 3.64. The number of hydrogen-bond donors (Lipinski definition) is 2. The molecule has 0 spiro atoms. The lowest BCUT2D eigenvalue weighted by atomic mass is 10.0. The molecule has 1 aromatic carbocycles. The van der Waals surface area contributed by atoms with Crippen molar-refractivity contribution >= 4 is 5.91 Å². The van der Waals surface area contributed by atoms with Crippen LogP contribution in [0.4, 0.5) is 0 Å². The second-order valence-electron chi connectivity index (χ2n) is 5.48. The lowest BCUT2D eigenvalue weighted by molar-refractivity contribution is 0.0949. The number of hydrogen-bond acceptors (Lipinski definition) is 3. The Hall–Kier alpha value is -1.83. The second-order valence-corrected chi connectivity index (χ2v) is 5.48. The molecule has 1 saturated carbocycles. The summed E-state index contributed by atoms with van der Waals surface area (Å²) in [6, 6.07) is 6.27. The molecule has 4 heteroatoms. The molecule has 1 fully saturated rings. The summed E-state index contributed by atoms with van der Waals surface area (Å²) in [5.74, 6) is 5.31. The Balaban J connectivity index is 1.98. The molecule has 0 radical (unpaired) electrons. The zero-order chi connectivity index (χ0) is 15.2. The first-order valence-corrected chi connectivity index (χ1v) is 7.30. The minimum atomic E-state index is -0.207. The summed E-state index contributed by atoms with van der Waals surface area (Å²) in [4.78, 5) is 14.6. The van der Waals surface area contributed by atoms with E-state index >= 15 is 0 Å². The molecular formula is C17H22N2O2. The SMILES string of the molecule is Cc1ccc(C#CCO)c(C(=O)NCCN(C)C2CC2)c1. The van der Waals surface area contributed by atoms with Crippen molar-refractivity contribution in [2.75, 3.05) is 26.7 Å². The monoisotopic (exact) mass is 286 g/mol. The highest BCUT2D eigenvalue weighted by atomic mass is 16.2. The molecule has 4 nitrogen and oxygen atoms in total. The topological polar surface area (TPSA) is 52.6 Å². The number of benzene rings is 1. The van der Waals surface area contributed by atoms with Gasteiger partial charge in [-0.3, -0.25) is 4.79 Å². The summed E-state index contributed by atoms with van der Waals surface area (Å²) in [6.45, 7) is 3.23. The fourth-order valence-electron chi connectivity index (χ4n) is 2.23. The van der Waals surface area contributed by atoms with Gasteiger partial charge in [-0.05, 0) is 38.9 Å². The van der Waals surface area contributed by atoms with E-state index in [1.807, 2.05) is 25.1 Å². The van der Waals surface area contributed by atoms with Gasteiger partial charge in [-0.25, -0.2) is 0 Å². The van der Waals surface area contributed by atoms with Gasteiger partial charge in [0.05, 0.1) is 5.56 Å². The molecule has 0 aliphatic heterocycles. The molecule has 0 unspecified atom stereocenters. The van der Waals surface area contributed by atoms with Crippen molar-refractivity contribution in [1.82, 2.24) is 10.2 Å². The third-order valence-electron chi connectivity index (χ3n) is 3.64. The first kappa shape index (κ1) is 15.6. The summed E-state index contributed by atoms with van der Waals surface area (Å²) in [5, 5.41) is 11.7. The Morgan fingerprint density at radius 1 is 1.48 bits per heavy atom. The quantitative estimate of drug-likeness (QED) is 0.799. The van der Waals surface area contributed by atoms with E-state index < -0.39 is 0 Å². The first-order valence-electron chi connectivity index (χ1n) is 7.30. The highest BCUT2D eigenvalue weighted by molar-refractivity contribution is 5.96. The maximum Gasteiger partial charge on any atom is 0.252 e. The van der Waals surface area contributed by atoms with Gasteiger partial charge in [-0.2, -0.15) is 0 Å². The van der Waals surface area contributed by atoms with Crippen molar-refractivity contribution in [2.45, 2.75) is 25.8 Å². The molecule has 0 bridgehead atoms. The number of rotatable bonds is 5. The number of aliphatic hydroxyl groups excluding tert-OH is 1. The van der Waals surface area contributed by atoms with Gasteiger partial charge in [0.1, 0.15) is 6.61 Å². The summed E-state index contributed by atoms with van der Waals surface area (Å²) in [7, 11) is 2.09. The molecule has 2 N–H and O–H groups in total. The summed E-state index contributed by atoms with van der Waals surface area (Å²) >= 11 is 0. The standard InChI is InChI=1S/C17H22N2O2/c1-13-5-6-14(4-3-11-20)16(12-13)17(21)18-9-10-19(2)15-7-8-15/h5-6,12,15,20H,7-11H2,1-2H3,(H,18,21). The Bertz CT molecular complexity index is 568. The van der Waals surface area contributed by atoms with Gasteiger partial charge >= 0.3 is 0 Å². The van der Waals surface area contributed by atoms with E-state index in [1.54, 1.807) is 0 Å². The van der Waals surface area contributed by atoms with E-state index in [9.17, 15) is 4.79 Å². The van der Waals surface area contributed by atoms with Crippen LogP contribution in [0.25, 0.3) is 0 Å². The number of nitrogens with zero attached hydrogens (tertiary/aromatic N) is 1. The molecule has 0 aromatic heterocycles. The molecule has 112 valence electrons. The van der Waals surface area contributed by atoms with Crippen LogP contribution in [0.3, 0.4) is 0 Å². The number of likely N-dealkylation sites (N-methyl/N-ethyl adjacent to an activating group) is 1. The summed E-state index contributed by atoms with van der Waals surface area (Å²) in [6.07, 6.45) is 2.53. The minimum Gasteiger partial charge on any atom is -0.384 e. The largest absolute Gasteiger partial charge is 0.384 e. The number of carbonyl (C=O) groups is 1. The van der Waals surface area contributed by atoms with Crippen molar-refractivity contribution in [1.29, 1.82) is 0 Å². The van der Waals surface area contributed by atoms with Crippen molar-refractivity contribution in [3.8, 4) is 11.8 Å². The highest BCUT2D eigenvalue weighted by Crippen LogP contribution is 2.24. The van der Waals surface area contributed by atoms with Crippen LogP contribution in [0.1, 0.15) is 34.3 Å². The Morgan fingerprint density at radius 2 is 2.24 bits per heavy atom. The van der Waals surface area contributed by atoms with E-state index in [4.69, 9.17) is 5.11 Å². The van der Waals surface area contributed by atoms with Crippen LogP contribution < -0.4 is 5.32 Å². The fourth-order valence-corrected chi connectivity index (χ4v) is 2.23. The number of nitrogens with one attached hydrogen (secondary N) is 1. The zero-order valence-electron chi connectivity index (χ0n) is 12.6. The van der Waals surface area contributed by atoms with Crippen LogP contribution in [-0.2, 0) is 0 Å². The summed E-state index contributed by atoms with van der Waals surface area (Å²) in [5.41, 5.74) is 2.25. The van der Waals surface area contributed by atoms with Crippen LogP contribution in [0.5, 0.6) is 0 Å². The van der Waals surface area contributed by atoms with Gasteiger partial charge in [0.15, 0.2) is 0 Å². The van der Waals surface area contributed by atoms with Crippen molar-refractivity contribution in [2.24, 2.45) is 0 Å². The molecule has 1 amide bonds. The van der Waals surface area contributed by atoms with Gasteiger partial charge in [-0.1, -0.05) is 23.5 Å². The fraction of sp³-hybridized carbons (Fsp3) is 0.471. The Labute approximate surface area is 126 Å². The van der Waals surface area contributed by atoms with Crippen molar-refractivity contribution in [3.05, 3.63) is 34.9 Å². The molecule has 2 rings (SSSR count). The lowest BCUT2D eigenvalue weighted by Crippen LogP contribution is -2.34. The summed E-state index contributed by atoms with van der Waals surface area (Å²) < 4.78 is 0. The van der Waals surface area contributed by atoms with Gasteiger partial charge < -0.3 is 15.3 Å².